The number of nitrogen functional groups attached to an aromatic ring is 1. The van der Waals surface area contributed by atoms with Crippen LogP contribution in [-0.2, 0) is 4.79 Å². The van der Waals surface area contributed by atoms with E-state index in [1.54, 1.807) is 11.8 Å². The van der Waals surface area contributed by atoms with Gasteiger partial charge in [0.2, 0.25) is 5.91 Å². The van der Waals surface area contributed by atoms with E-state index in [9.17, 15) is 4.79 Å². The number of nitrogens with two attached hydrogens (primary N) is 1. The van der Waals surface area contributed by atoms with Gasteiger partial charge in [0.15, 0.2) is 0 Å². The van der Waals surface area contributed by atoms with E-state index < -0.39 is 0 Å². The summed E-state index contributed by atoms with van der Waals surface area (Å²) < 4.78 is 0. The van der Waals surface area contributed by atoms with Crippen molar-refractivity contribution >= 4 is 29.0 Å². The van der Waals surface area contributed by atoms with Crippen molar-refractivity contribution in [1.82, 2.24) is 5.32 Å². The van der Waals surface area contributed by atoms with Gasteiger partial charge in [-0.2, -0.15) is 0 Å². The highest BCUT2D eigenvalue weighted by Gasteiger charge is 2.37. The second kappa shape index (κ2) is 3.92. The molecule has 4 nitrogen and oxygen atoms in total. The number of fused-ring (bicyclic) bond motifs is 1. The molecule has 1 amide bonds. The van der Waals surface area contributed by atoms with Gasteiger partial charge in [0.05, 0.1) is 17.0 Å². The van der Waals surface area contributed by atoms with Crippen LogP contribution in [0.5, 0.6) is 0 Å². The predicted octanol–water partition coefficient (Wildman–Crippen LogP) is 1.07. The maximum atomic E-state index is 12.3. The first kappa shape index (κ1) is 10.9. The third kappa shape index (κ3) is 1.70. The minimum Gasteiger partial charge on any atom is -0.399 e. The van der Waals surface area contributed by atoms with Crippen LogP contribution in [0.4, 0.5) is 11.4 Å². The van der Waals surface area contributed by atoms with Gasteiger partial charge in [-0.15, -0.1) is 11.8 Å². The number of benzene rings is 1. The predicted molar refractivity (Wildman–Crippen MR) is 70.3 cm³/mol. The summed E-state index contributed by atoms with van der Waals surface area (Å²) in [4.78, 5) is 15.3. The summed E-state index contributed by atoms with van der Waals surface area (Å²) in [6.45, 7) is 3.71. The number of nitrogens with one attached hydrogen (secondary N) is 1. The van der Waals surface area contributed by atoms with Crippen LogP contribution in [0.15, 0.2) is 23.1 Å². The number of carbonyl (C=O) groups is 1. The molecule has 0 radical (unpaired) electrons. The van der Waals surface area contributed by atoms with Crippen molar-refractivity contribution in [3.05, 3.63) is 18.2 Å². The second-order valence-corrected chi connectivity index (χ2v) is 5.89. The van der Waals surface area contributed by atoms with E-state index in [0.717, 1.165) is 23.7 Å². The number of carbonyl (C=O) groups excluding carboxylic acids is 1. The van der Waals surface area contributed by atoms with Crippen LogP contribution in [-0.4, -0.2) is 30.3 Å². The summed E-state index contributed by atoms with van der Waals surface area (Å²) in [5.41, 5.74) is 7.51. The Bertz CT molecular complexity index is 473. The van der Waals surface area contributed by atoms with Crippen molar-refractivity contribution in [1.29, 1.82) is 0 Å². The molecule has 1 fully saturated rings. The van der Waals surface area contributed by atoms with Crippen molar-refractivity contribution in [3.63, 3.8) is 0 Å². The highest BCUT2D eigenvalue weighted by atomic mass is 32.2. The molecule has 2 aliphatic heterocycles. The Hall–Kier alpha value is -1.20. The van der Waals surface area contributed by atoms with Crippen LogP contribution in [0, 0.1) is 0 Å². The molecule has 2 heterocycles. The number of thioether (sulfide) groups is 1. The van der Waals surface area contributed by atoms with Crippen LogP contribution in [0.25, 0.3) is 0 Å². The normalized spacial score (nSPS) is 24.4. The Kier molecular flexibility index (Phi) is 2.52. The van der Waals surface area contributed by atoms with E-state index in [1.807, 2.05) is 30.0 Å². The fourth-order valence-corrected chi connectivity index (χ4v) is 3.23. The lowest BCUT2D eigenvalue weighted by Gasteiger charge is -2.42. The quantitative estimate of drug-likeness (QED) is 0.731. The lowest BCUT2D eigenvalue weighted by molar-refractivity contribution is -0.118. The number of hydrogen-bond donors (Lipinski definition) is 2. The summed E-state index contributed by atoms with van der Waals surface area (Å²) >= 11 is 1.62. The molecular weight excluding hydrogens is 234 g/mol. The van der Waals surface area contributed by atoms with Crippen LogP contribution >= 0.6 is 11.8 Å². The van der Waals surface area contributed by atoms with Gasteiger partial charge in [0.25, 0.3) is 0 Å². The molecule has 3 N–H and O–H groups in total. The number of amides is 1. The second-order valence-electron chi connectivity index (χ2n) is 4.51. The number of anilines is 2. The molecule has 0 aliphatic carbocycles. The van der Waals surface area contributed by atoms with E-state index in [4.69, 9.17) is 5.73 Å². The van der Waals surface area contributed by atoms with E-state index in [1.165, 1.54) is 0 Å². The van der Waals surface area contributed by atoms with E-state index in [0.29, 0.717) is 5.69 Å². The summed E-state index contributed by atoms with van der Waals surface area (Å²) in [7, 11) is 0. The van der Waals surface area contributed by atoms with Crippen LogP contribution in [0.2, 0.25) is 0 Å². The van der Waals surface area contributed by atoms with Crippen LogP contribution in [0.3, 0.4) is 0 Å². The fraction of sp³-hybridized carbons (Fsp3) is 0.417. The molecule has 3 rings (SSSR count). The molecule has 0 bridgehead atoms. The molecular formula is C12H15N3OS. The minimum atomic E-state index is -0.00766. The molecule has 2 aliphatic rings. The Balaban J connectivity index is 2.06. The number of hydrogen-bond acceptors (Lipinski definition) is 4. The van der Waals surface area contributed by atoms with Crippen LogP contribution in [0.1, 0.15) is 6.92 Å². The van der Waals surface area contributed by atoms with Gasteiger partial charge in [-0.05, 0) is 25.1 Å². The third-order valence-electron chi connectivity index (χ3n) is 3.26. The van der Waals surface area contributed by atoms with Crippen molar-refractivity contribution in [2.75, 3.05) is 23.7 Å². The van der Waals surface area contributed by atoms with Crippen LogP contribution < -0.4 is 16.0 Å². The average Bonchev–Trinajstić information content (AvgIpc) is 2.23. The molecule has 5 heteroatoms. The van der Waals surface area contributed by atoms with Crippen molar-refractivity contribution < 1.29 is 4.79 Å². The number of rotatable bonds is 1. The molecule has 0 saturated carbocycles. The topological polar surface area (TPSA) is 58.4 Å². The van der Waals surface area contributed by atoms with Crippen molar-refractivity contribution in [3.8, 4) is 0 Å². The first-order valence-corrected chi connectivity index (χ1v) is 6.65. The summed E-state index contributed by atoms with van der Waals surface area (Å²) in [6.07, 6.45) is 0. The lowest BCUT2D eigenvalue weighted by Crippen LogP contribution is -2.61. The van der Waals surface area contributed by atoms with Crippen molar-refractivity contribution in [2.45, 2.75) is 23.1 Å². The molecule has 0 spiro atoms. The van der Waals surface area contributed by atoms with E-state index in [2.05, 4.69) is 5.32 Å². The van der Waals surface area contributed by atoms with Gasteiger partial charge in [0.1, 0.15) is 0 Å². The standard InChI is InChI=1S/C12H15N3OS/c1-7-12(16)15(9-5-14-6-9)10-4-8(13)2-3-11(10)17-7/h2-4,7,9,14H,5-6,13H2,1H3. The van der Waals surface area contributed by atoms with Gasteiger partial charge >= 0.3 is 0 Å². The highest BCUT2D eigenvalue weighted by Crippen LogP contribution is 2.41. The zero-order valence-corrected chi connectivity index (χ0v) is 10.5. The SMILES string of the molecule is CC1Sc2ccc(N)cc2N(C2CNC2)C1=O. The fourth-order valence-electron chi connectivity index (χ4n) is 2.21. The molecule has 1 atom stereocenters. The third-order valence-corrected chi connectivity index (χ3v) is 4.41. The number of nitrogens with zero attached hydrogens (tertiary/aromatic N) is 1. The molecule has 1 aromatic rings. The smallest absolute Gasteiger partial charge is 0.240 e. The Morgan fingerprint density at radius 3 is 2.88 bits per heavy atom. The Labute approximate surface area is 105 Å². The van der Waals surface area contributed by atoms with Gasteiger partial charge in [0, 0.05) is 23.7 Å². The van der Waals surface area contributed by atoms with E-state index in [-0.39, 0.29) is 17.2 Å². The minimum absolute atomic E-state index is 0.00766. The molecule has 0 aromatic heterocycles. The first-order chi connectivity index (χ1) is 8.16. The molecule has 90 valence electrons. The van der Waals surface area contributed by atoms with Gasteiger partial charge in [-0.1, -0.05) is 0 Å². The van der Waals surface area contributed by atoms with Gasteiger partial charge in [-0.3, -0.25) is 4.79 Å². The molecule has 1 saturated heterocycles. The lowest BCUT2D eigenvalue weighted by atomic mass is 10.1. The first-order valence-electron chi connectivity index (χ1n) is 5.77. The van der Waals surface area contributed by atoms with Gasteiger partial charge < -0.3 is 16.0 Å². The monoisotopic (exact) mass is 249 g/mol. The molecule has 1 aromatic carbocycles. The molecule has 1 unspecified atom stereocenters. The summed E-state index contributed by atoms with van der Waals surface area (Å²) in [5, 5.41) is 3.20. The maximum Gasteiger partial charge on any atom is 0.240 e. The summed E-state index contributed by atoms with van der Waals surface area (Å²) in [6, 6.07) is 6.10. The van der Waals surface area contributed by atoms with Crippen molar-refractivity contribution in [2.24, 2.45) is 0 Å². The average molecular weight is 249 g/mol. The largest absolute Gasteiger partial charge is 0.399 e. The van der Waals surface area contributed by atoms with E-state index >= 15 is 0 Å². The summed E-state index contributed by atoms with van der Waals surface area (Å²) in [5.74, 6) is 0.194. The highest BCUT2D eigenvalue weighted by molar-refractivity contribution is 8.01. The molecule has 17 heavy (non-hydrogen) atoms. The Morgan fingerprint density at radius 2 is 2.24 bits per heavy atom. The Morgan fingerprint density at radius 1 is 1.47 bits per heavy atom. The van der Waals surface area contributed by atoms with Gasteiger partial charge in [-0.25, -0.2) is 0 Å². The maximum absolute atomic E-state index is 12.3. The zero-order chi connectivity index (χ0) is 12.0. The zero-order valence-electron chi connectivity index (χ0n) is 9.64.